The third-order valence-corrected chi connectivity index (χ3v) is 5.87. The topological polar surface area (TPSA) is 71.3 Å². The molecule has 0 bridgehead atoms. The summed E-state index contributed by atoms with van der Waals surface area (Å²) in [6.45, 7) is 2.56. The van der Waals surface area contributed by atoms with Crippen LogP contribution in [0.4, 0.5) is 0 Å². The fourth-order valence-electron chi connectivity index (χ4n) is 4.24. The summed E-state index contributed by atoms with van der Waals surface area (Å²) in [4.78, 5) is 29.0. The van der Waals surface area contributed by atoms with Crippen LogP contribution in [0, 0.1) is 5.92 Å². The van der Waals surface area contributed by atoms with Gasteiger partial charge in [0.1, 0.15) is 5.82 Å². The fraction of sp³-hybridized carbons (Fsp3) is 0.500. The Balaban J connectivity index is 1.30. The lowest BCUT2D eigenvalue weighted by atomic mass is 10.1. The van der Waals surface area contributed by atoms with Crippen molar-refractivity contribution >= 4 is 11.8 Å². The van der Waals surface area contributed by atoms with Gasteiger partial charge in [-0.25, -0.2) is 0 Å². The quantitative estimate of drug-likeness (QED) is 0.823. The van der Waals surface area contributed by atoms with E-state index in [1.807, 2.05) is 40.1 Å². The van der Waals surface area contributed by atoms with Crippen molar-refractivity contribution in [2.24, 2.45) is 5.92 Å². The molecule has 1 unspecified atom stereocenters. The van der Waals surface area contributed by atoms with Gasteiger partial charge < -0.3 is 14.4 Å². The molecule has 1 saturated carbocycles. The molecule has 3 aliphatic rings. The molecule has 0 spiro atoms. The highest BCUT2D eigenvalue weighted by Gasteiger charge is 2.43. The van der Waals surface area contributed by atoms with Crippen molar-refractivity contribution in [3.63, 3.8) is 0 Å². The predicted octanol–water partition coefficient (Wildman–Crippen LogP) is 1.34. The summed E-state index contributed by atoms with van der Waals surface area (Å²) in [5, 5.41) is 8.71. The SMILES string of the molecule is O=C(C1CC(=O)N(C2CC2)C1)N1CCc2nnc(-c3ccccc3)n2CC1. The number of nitrogens with zero attached hydrogens (tertiary/aromatic N) is 5. The minimum Gasteiger partial charge on any atom is -0.340 e. The molecule has 1 aliphatic carbocycles. The van der Waals surface area contributed by atoms with Crippen LogP contribution in [0.5, 0.6) is 0 Å². The third kappa shape index (κ3) is 3.01. The Hall–Kier alpha value is -2.70. The first-order valence-corrected chi connectivity index (χ1v) is 9.76. The number of carbonyl (C=O) groups excluding carboxylic acids is 2. The summed E-state index contributed by atoms with van der Waals surface area (Å²) in [7, 11) is 0. The van der Waals surface area contributed by atoms with Crippen molar-refractivity contribution in [1.29, 1.82) is 0 Å². The van der Waals surface area contributed by atoms with E-state index in [1.54, 1.807) is 0 Å². The number of amides is 2. The average Bonchev–Trinajstić information content (AvgIpc) is 3.40. The van der Waals surface area contributed by atoms with Crippen LogP contribution in [0.1, 0.15) is 25.1 Å². The van der Waals surface area contributed by atoms with Gasteiger partial charge in [-0.3, -0.25) is 9.59 Å². The van der Waals surface area contributed by atoms with Gasteiger partial charge in [-0.1, -0.05) is 30.3 Å². The van der Waals surface area contributed by atoms with Gasteiger partial charge in [0.25, 0.3) is 0 Å². The van der Waals surface area contributed by atoms with Gasteiger partial charge in [0, 0.05) is 50.6 Å². The summed E-state index contributed by atoms with van der Waals surface area (Å²) in [6, 6.07) is 10.4. The van der Waals surface area contributed by atoms with Crippen LogP contribution in [-0.4, -0.2) is 62.1 Å². The summed E-state index contributed by atoms with van der Waals surface area (Å²) >= 11 is 0. The molecule has 1 aromatic carbocycles. The summed E-state index contributed by atoms with van der Waals surface area (Å²) in [6.07, 6.45) is 3.24. The first kappa shape index (κ1) is 16.5. The van der Waals surface area contributed by atoms with Crippen LogP contribution in [-0.2, 0) is 22.6 Å². The van der Waals surface area contributed by atoms with E-state index in [2.05, 4.69) is 14.8 Å². The van der Waals surface area contributed by atoms with Crippen molar-refractivity contribution in [3.05, 3.63) is 36.2 Å². The Bertz CT molecular complexity index is 874. The number of benzene rings is 1. The molecule has 7 nitrogen and oxygen atoms in total. The highest BCUT2D eigenvalue weighted by molar-refractivity contribution is 5.89. The first-order chi connectivity index (χ1) is 13.2. The van der Waals surface area contributed by atoms with Gasteiger partial charge in [-0.2, -0.15) is 0 Å². The molecule has 1 saturated heterocycles. The molecule has 5 rings (SSSR count). The van der Waals surface area contributed by atoms with Gasteiger partial charge in [-0.15, -0.1) is 10.2 Å². The number of carbonyl (C=O) groups is 2. The summed E-state index contributed by atoms with van der Waals surface area (Å²) < 4.78 is 2.12. The highest BCUT2D eigenvalue weighted by Crippen LogP contribution is 2.33. The molecule has 27 heavy (non-hydrogen) atoms. The Morgan fingerprint density at radius 1 is 1.04 bits per heavy atom. The molecule has 2 aromatic rings. The van der Waals surface area contributed by atoms with E-state index in [4.69, 9.17) is 0 Å². The van der Waals surface area contributed by atoms with Crippen LogP contribution in [0.2, 0.25) is 0 Å². The van der Waals surface area contributed by atoms with Gasteiger partial charge in [0.2, 0.25) is 11.8 Å². The molecule has 3 heterocycles. The number of likely N-dealkylation sites (tertiary alicyclic amines) is 1. The Labute approximate surface area is 158 Å². The van der Waals surface area contributed by atoms with Crippen LogP contribution < -0.4 is 0 Å². The van der Waals surface area contributed by atoms with Gasteiger partial charge in [0.05, 0.1) is 5.92 Å². The third-order valence-electron chi connectivity index (χ3n) is 5.87. The fourth-order valence-corrected chi connectivity index (χ4v) is 4.24. The second-order valence-electron chi connectivity index (χ2n) is 7.71. The van der Waals surface area contributed by atoms with E-state index >= 15 is 0 Å². The van der Waals surface area contributed by atoms with Crippen LogP contribution in [0.15, 0.2) is 30.3 Å². The van der Waals surface area contributed by atoms with E-state index in [9.17, 15) is 9.59 Å². The Morgan fingerprint density at radius 2 is 1.85 bits per heavy atom. The molecule has 1 atom stereocenters. The second kappa shape index (κ2) is 6.48. The number of aromatic nitrogens is 3. The molecular weight excluding hydrogens is 342 g/mol. The van der Waals surface area contributed by atoms with Crippen molar-refractivity contribution in [2.75, 3.05) is 19.6 Å². The second-order valence-corrected chi connectivity index (χ2v) is 7.71. The molecule has 2 fully saturated rings. The molecule has 1 aromatic heterocycles. The van der Waals surface area contributed by atoms with Crippen molar-refractivity contribution < 1.29 is 9.59 Å². The van der Waals surface area contributed by atoms with E-state index < -0.39 is 0 Å². The number of fused-ring (bicyclic) bond motifs is 1. The maximum Gasteiger partial charge on any atom is 0.228 e. The first-order valence-electron chi connectivity index (χ1n) is 9.76. The average molecular weight is 365 g/mol. The molecule has 2 amide bonds. The minimum atomic E-state index is -0.185. The van der Waals surface area contributed by atoms with Crippen molar-refractivity contribution in [2.45, 2.75) is 38.3 Å². The zero-order valence-corrected chi connectivity index (χ0v) is 15.3. The van der Waals surface area contributed by atoms with Crippen LogP contribution >= 0.6 is 0 Å². The lowest BCUT2D eigenvalue weighted by Crippen LogP contribution is -2.39. The van der Waals surface area contributed by atoms with E-state index in [0.717, 1.165) is 30.1 Å². The normalized spacial score (nSPS) is 22.7. The monoisotopic (exact) mass is 365 g/mol. The number of hydrogen-bond acceptors (Lipinski definition) is 4. The molecular formula is C20H23N5O2. The van der Waals surface area contributed by atoms with E-state index in [1.165, 1.54) is 0 Å². The van der Waals surface area contributed by atoms with Crippen molar-refractivity contribution in [1.82, 2.24) is 24.6 Å². The maximum absolute atomic E-state index is 13.0. The van der Waals surface area contributed by atoms with E-state index in [0.29, 0.717) is 45.1 Å². The largest absolute Gasteiger partial charge is 0.340 e. The maximum atomic E-state index is 13.0. The zero-order valence-electron chi connectivity index (χ0n) is 15.3. The summed E-state index contributed by atoms with van der Waals surface area (Å²) in [5.74, 6) is 1.86. The predicted molar refractivity (Wildman–Crippen MR) is 98.6 cm³/mol. The molecule has 2 aliphatic heterocycles. The zero-order chi connectivity index (χ0) is 18.4. The summed E-state index contributed by atoms with van der Waals surface area (Å²) in [5.41, 5.74) is 1.04. The lowest BCUT2D eigenvalue weighted by molar-refractivity contribution is -0.135. The number of hydrogen-bond donors (Lipinski definition) is 0. The number of rotatable bonds is 3. The Morgan fingerprint density at radius 3 is 2.63 bits per heavy atom. The lowest BCUT2D eigenvalue weighted by Gasteiger charge is -2.23. The van der Waals surface area contributed by atoms with Crippen LogP contribution in [0.3, 0.4) is 0 Å². The molecule has 7 heteroatoms. The standard InChI is InChI=1S/C20H23N5O2/c26-18-12-15(13-25(18)16-6-7-16)20(27)23-9-8-17-21-22-19(24(17)11-10-23)14-4-2-1-3-5-14/h1-5,15-16H,6-13H2. The smallest absolute Gasteiger partial charge is 0.228 e. The van der Waals surface area contributed by atoms with Gasteiger partial charge >= 0.3 is 0 Å². The van der Waals surface area contributed by atoms with Crippen LogP contribution in [0.25, 0.3) is 11.4 Å². The van der Waals surface area contributed by atoms with E-state index in [-0.39, 0.29) is 17.7 Å². The van der Waals surface area contributed by atoms with Gasteiger partial charge in [-0.05, 0) is 12.8 Å². The molecule has 0 N–H and O–H groups in total. The molecule has 140 valence electrons. The molecule has 0 radical (unpaired) electrons. The van der Waals surface area contributed by atoms with Gasteiger partial charge in [0.15, 0.2) is 5.82 Å². The minimum absolute atomic E-state index is 0.117. The Kier molecular flexibility index (Phi) is 3.95. The van der Waals surface area contributed by atoms with Crippen molar-refractivity contribution in [3.8, 4) is 11.4 Å². The highest BCUT2D eigenvalue weighted by atomic mass is 16.2.